The summed E-state index contributed by atoms with van der Waals surface area (Å²) in [5, 5.41) is 20.8. The highest BCUT2D eigenvalue weighted by Crippen LogP contribution is 2.15. The van der Waals surface area contributed by atoms with E-state index in [1.807, 2.05) is 6.92 Å². The number of hydrogen-bond donors (Lipinski definition) is 3. The third-order valence-corrected chi connectivity index (χ3v) is 2.69. The number of rotatable bonds is 5. The molecule has 0 aliphatic heterocycles. The molecule has 1 amide bonds. The molecule has 3 N–H and O–H groups in total. The molecular weight excluding hydrogens is 218 g/mol. The maximum Gasteiger partial charge on any atom is 0.251 e. The van der Waals surface area contributed by atoms with E-state index in [4.69, 9.17) is 5.11 Å². The van der Waals surface area contributed by atoms with Crippen molar-refractivity contribution in [3.8, 4) is 5.75 Å². The molecule has 0 aromatic heterocycles. The van der Waals surface area contributed by atoms with Crippen molar-refractivity contribution in [2.45, 2.75) is 20.3 Å². The molecule has 17 heavy (non-hydrogen) atoms. The Kier molecular flexibility index (Phi) is 4.97. The van der Waals surface area contributed by atoms with Gasteiger partial charge in [-0.15, -0.1) is 0 Å². The molecule has 0 saturated heterocycles. The molecule has 0 bridgehead atoms. The number of benzene rings is 1. The lowest BCUT2D eigenvalue weighted by atomic mass is 10.1. The van der Waals surface area contributed by atoms with Crippen LogP contribution >= 0.6 is 0 Å². The molecule has 0 spiro atoms. The van der Waals surface area contributed by atoms with Gasteiger partial charge in [0, 0.05) is 18.7 Å². The van der Waals surface area contributed by atoms with Crippen LogP contribution in [0.3, 0.4) is 0 Å². The Balaban J connectivity index is 2.58. The lowest BCUT2D eigenvalue weighted by Gasteiger charge is -2.12. The molecule has 1 aromatic rings. The van der Waals surface area contributed by atoms with Crippen LogP contribution in [-0.4, -0.2) is 29.3 Å². The molecule has 1 rings (SSSR count). The number of phenols is 1. The van der Waals surface area contributed by atoms with Crippen LogP contribution in [0.1, 0.15) is 29.3 Å². The minimum Gasteiger partial charge on any atom is -0.508 e. The van der Waals surface area contributed by atoms with E-state index in [-0.39, 0.29) is 24.2 Å². The van der Waals surface area contributed by atoms with Gasteiger partial charge in [0.05, 0.1) is 0 Å². The van der Waals surface area contributed by atoms with Crippen molar-refractivity contribution < 1.29 is 15.0 Å². The zero-order valence-electron chi connectivity index (χ0n) is 10.2. The predicted octanol–water partition coefficient (Wildman–Crippen LogP) is 1.45. The lowest BCUT2D eigenvalue weighted by molar-refractivity contribution is 0.0945. The SMILES string of the molecule is Cc1cc(O)ccc1C(=O)NCC(C)CCO. The third-order valence-electron chi connectivity index (χ3n) is 2.69. The van der Waals surface area contributed by atoms with Crippen molar-refractivity contribution in [2.75, 3.05) is 13.2 Å². The minimum atomic E-state index is -0.146. The van der Waals surface area contributed by atoms with Crippen molar-refractivity contribution >= 4 is 5.91 Å². The monoisotopic (exact) mass is 237 g/mol. The van der Waals surface area contributed by atoms with Crippen molar-refractivity contribution in [1.29, 1.82) is 0 Å². The van der Waals surface area contributed by atoms with Crippen LogP contribution in [0.4, 0.5) is 0 Å². The van der Waals surface area contributed by atoms with Gasteiger partial charge in [-0.1, -0.05) is 6.92 Å². The number of aryl methyl sites for hydroxylation is 1. The highest BCUT2D eigenvalue weighted by molar-refractivity contribution is 5.95. The van der Waals surface area contributed by atoms with Gasteiger partial charge in [0.25, 0.3) is 5.91 Å². The summed E-state index contributed by atoms with van der Waals surface area (Å²) in [5.41, 5.74) is 1.32. The number of nitrogens with one attached hydrogen (secondary N) is 1. The average molecular weight is 237 g/mol. The summed E-state index contributed by atoms with van der Waals surface area (Å²) < 4.78 is 0. The Morgan fingerprint density at radius 3 is 2.76 bits per heavy atom. The molecule has 1 unspecified atom stereocenters. The van der Waals surface area contributed by atoms with Crippen molar-refractivity contribution in [1.82, 2.24) is 5.32 Å². The topological polar surface area (TPSA) is 69.6 Å². The number of phenolic OH excluding ortho intramolecular Hbond substituents is 1. The number of hydrogen-bond acceptors (Lipinski definition) is 3. The third kappa shape index (κ3) is 4.07. The first-order valence-electron chi connectivity index (χ1n) is 5.73. The maximum atomic E-state index is 11.8. The molecule has 0 saturated carbocycles. The summed E-state index contributed by atoms with van der Waals surface area (Å²) in [7, 11) is 0. The van der Waals surface area contributed by atoms with Crippen molar-refractivity contribution in [2.24, 2.45) is 5.92 Å². The van der Waals surface area contributed by atoms with Crippen LogP contribution in [-0.2, 0) is 0 Å². The minimum absolute atomic E-state index is 0.134. The second-order valence-corrected chi connectivity index (χ2v) is 4.33. The average Bonchev–Trinajstić information content (AvgIpc) is 2.26. The Hall–Kier alpha value is -1.55. The Labute approximate surface area is 101 Å². The van der Waals surface area contributed by atoms with E-state index < -0.39 is 0 Å². The normalized spacial score (nSPS) is 12.2. The fourth-order valence-corrected chi connectivity index (χ4v) is 1.59. The van der Waals surface area contributed by atoms with E-state index in [1.54, 1.807) is 19.1 Å². The van der Waals surface area contributed by atoms with E-state index in [0.29, 0.717) is 18.5 Å². The Bertz CT molecular complexity index is 390. The number of amides is 1. The molecule has 0 fully saturated rings. The zero-order valence-corrected chi connectivity index (χ0v) is 10.2. The second-order valence-electron chi connectivity index (χ2n) is 4.33. The second kappa shape index (κ2) is 6.25. The van der Waals surface area contributed by atoms with Crippen LogP contribution in [0.15, 0.2) is 18.2 Å². The Morgan fingerprint density at radius 2 is 2.18 bits per heavy atom. The van der Waals surface area contributed by atoms with Crippen LogP contribution in [0, 0.1) is 12.8 Å². The summed E-state index contributed by atoms with van der Waals surface area (Å²) in [6.45, 7) is 4.43. The summed E-state index contributed by atoms with van der Waals surface area (Å²) in [5.74, 6) is 0.265. The predicted molar refractivity (Wildman–Crippen MR) is 66.0 cm³/mol. The highest BCUT2D eigenvalue weighted by atomic mass is 16.3. The number of carbonyl (C=O) groups excluding carboxylic acids is 1. The van der Waals surface area contributed by atoms with Gasteiger partial charge in [-0.25, -0.2) is 0 Å². The zero-order chi connectivity index (χ0) is 12.8. The van der Waals surface area contributed by atoms with Crippen LogP contribution < -0.4 is 5.32 Å². The maximum absolute atomic E-state index is 11.8. The Morgan fingerprint density at radius 1 is 1.47 bits per heavy atom. The largest absolute Gasteiger partial charge is 0.508 e. The molecule has 1 aromatic carbocycles. The van der Waals surface area contributed by atoms with Gasteiger partial charge in [0.1, 0.15) is 5.75 Å². The number of aromatic hydroxyl groups is 1. The van der Waals surface area contributed by atoms with E-state index in [0.717, 1.165) is 5.56 Å². The fourth-order valence-electron chi connectivity index (χ4n) is 1.59. The van der Waals surface area contributed by atoms with Crippen molar-refractivity contribution in [3.05, 3.63) is 29.3 Å². The van der Waals surface area contributed by atoms with E-state index in [1.165, 1.54) is 6.07 Å². The standard InChI is InChI=1S/C13H19NO3/c1-9(5-6-15)8-14-13(17)12-4-3-11(16)7-10(12)2/h3-4,7,9,15-16H,5-6,8H2,1-2H3,(H,14,17). The highest BCUT2D eigenvalue weighted by Gasteiger charge is 2.10. The summed E-state index contributed by atoms with van der Waals surface area (Å²) in [4.78, 5) is 11.8. The first-order valence-corrected chi connectivity index (χ1v) is 5.73. The molecule has 94 valence electrons. The van der Waals surface area contributed by atoms with E-state index in [2.05, 4.69) is 5.32 Å². The molecule has 0 radical (unpaired) electrons. The molecule has 4 heteroatoms. The number of aliphatic hydroxyl groups excluding tert-OH is 1. The summed E-state index contributed by atoms with van der Waals surface area (Å²) in [6.07, 6.45) is 0.675. The first-order chi connectivity index (χ1) is 8.04. The molecule has 4 nitrogen and oxygen atoms in total. The van der Waals surface area contributed by atoms with Gasteiger partial charge >= 0.3 is 0 Å². The van der Waals surface area contributed by atoms with Gasteiger partial charge < -0.3 is 15.5 Å². The smallest absolute Gasteiger partial charge is 0.251 e. The van der Waals surface area contributed by atoms with Crippen LogP contribution in [0.25, 0.3) is 0 Å². The van der Waals surface area contributed by atoms with Gasteiger partial charge in [0.15, 0.2) is 0 Å². The van der Waals surface area contributed by atoms with E-state index >= 15 is 0 Å². The van der Waals surface area contributed by atoms with Gasteiger partial charge in [-0.05, 0) is 43.0 Å². The fraction of sp³-hybridized carbons (Fsp3) is 0.462. The van der Waals surface area contributed by atoms with Gasteiger partial charge in [-0.2, -0.15) is 0 Å². The number of aliphatic hydroxyl groups is 1. The molecule has 0 heterocycles. The molecule has 1 atom stereocenters. The molecule has 0 aliphatic carbocycles. The number of carbonyl (C=O) groups is 1. The molecular formula is C13H19NO3. The van der Waals surface area contributed by atoms with Crippen LogP contribution in [0.5, 0.6) is 5.75 Å². The summed E-state index contributed by atoms with van der Waals surface area (Å²) in [6, 6.07) is 4.67. The molecule has 0 aliphatic rings. The van der Waals surface area contributed by atoms with Crippen LogP contribution in [0.2, 0.25) is 0 Å². The lowest BCUT2D eigenvalue weighted by Crippen LogP contribution is -2.29. The van der Waals surface area contributed by atoms with Gasteiger partial charge in [-0.3, -0.25) is 4.79 Å². The quantitative estimate of drug-likeness (QED) is 0.726. The summed E-state index contributed by atoms with van der Waals surface area (Å²) >= 11 is 0. The van der Waals surface area contributed by atoms with E-state index in [9.17, 15) is 9.90 Å². The van der Waals surface area contributed by atoms with Gasteiger partial charge in [0.2, 0.25) is 0 Å². The first kappa shape index (κ1) is 13.5. The van der Waals surface area contributed by atoms with Crippen molar-refractivity contribution in [3.63, 3.8) is 0 Å².